The number of carbonyl (C=O) groups is 1. The maximum absolute atomic E-state index is 13.0. The van der Waals surface area contributed by atoms with Gasteiger partial charge in [-0.3, -0.25) is 0 Å². The van der Waals surface area contributed by atoms with E-state index in [1.807, 2.05) is 37.8 Å². The number of nitrogens with one attached hydrogen (secondary N) is 1. The van der Waals surface area contributed by atoms with E-state index < -0.39 is 22.5 Å². The summed E-state index contributed by atoms with van der Waals surface area (Å²) in [6.45, 7) is 6.95. The molecule has 2 atom stereocenters. The lowest BCUT2D eigenvalue weighted by atomic mass is 10.1. The molecule has 5 rings (SSSR count). The maximum Gasteiger partial charge on any atom is 0.420 e. The van der Waals surface area contributed by atoms with Gasteiger partial charge in [0.05, 0.1) is 6.04 Å². The van der Waals surface area contributed by atoms with E-state index >= 15 is 0 Å². The topological polar surface area (TPSA) is 70.6 Å². The molecule has 3 heterocycles. The summed E-state index contributed by atoms with van der Waals surface area (Å²) in [6.07, 6.45) is -1.19. The second-order valence-corrected chi connectivity index (χ2v) is 10.8. The predicted octanol–water partition coefficient (Wildman–Crippen LogP) is 5.97. The molecule has 2 bridgehead atoms. The molecule has 3 aliphatic rings. The molecule has 1 aromatic heterocycles. The zero-order valence-corrected chi connectivity index (χ0v) is 20.5. The van der Waals surface area contributed by atoms with Gasteiger partial charge in [0.1, 0.15) is 16.3 Å². The van der Waals surface area contributed by atoms with E-state index in [9.17, 15) is 18.0 Å². The zero-order valence-electron chi connectivity index (χ0n) is 19.7. The van der Waals surface area contributed by atoms with Crippen LogP contribution in [0.2, 0.25) is 5.15 Å². The number of nitrogens with zero attached hydrogens (tertiary/aromatic N) is 4. The smallest absolute Gasteiger partial charge is 0.420 e. The van der Waals surface area contributed by atoms with Crippen LogP contribution in [-0.2, 0) is 10.9 Å². The minimum absolute atomic E-state index is 0.0193. The quantitative estimate of drug-likeness (QED) is 0.512. The summed E-state index contributed by atoms with van der Waals surface area (Å²) < 4.78 is 44.5. The van der Waals surface area contributed by atoms with E-state index in [2.05, 4.69) is 26.3 Å². The van der Waals surface area contributed by atoms with Gasteiger partial charge in [-0.15, -0.1) is 0 Å². The molecular formula is C24H27ClF3N5O2. The molecule has 35 heavy (non-hydrogen) atoms. The van der Waals surface area contributed by atoms with Crippen molar-refractivity contribution in [2.45, 2.75) is 69.8 Å². The first-order valence-corrected chi connectivity index (χ1v) is 12.0. The van der Waals surface area contributed by atoms with Crippen LogP contribution in [0.5, 0.6) is 0 Å². The molecule has 2 aromatic rings. The summed E-state index contributed by atoms with van der Waals surface area (Å²) in [5.74, 6) is 0.395. The first-order valence-electron chi connectivity index (χ1n) is 11.7. The van der Waals surface area contributed by atoms with Crippen molar-refractivity contribution in [3.63, 3.8) is 0 Å². The van der Waals surface area contributed by atoms with Crippen LogP contribution in [0.15, 0.2) is 24.4 Å². The first kappa shape index (κ1) is 24.0. The van der Waals surface area contributed by atoms with Gasteiger partial charge >= 0.3 is 12.3 Å². The number of hydrogen-bond donors (Lipinski definition) is 1. The van der Waals surface area contributed by atoms with Crippen molar-refractivity contribution in [1.82, 2.24) is 14.9 Å². The van der Waals surface area contributed by atoms with Crippen molar-refractivity contribution in [3.05, 3.63) is 40.7 Å². The molecule has 1 aliphatic carbocycles. The highest BCUT2D eigenvalue weighted by molar-refractivity contribution is 6.30. The zero-order chi connectivity index (χ0) is 25.1. The third-order valence-electron chi connectivity index (χ3n) is 6.55. The molecule has 11 heteroatoms. The first-order chi connectivity index (χ1) is 16.4. The SMILES string of the molecule is CC(C)(C)OC(=O)N1C[C@H]2C[C@@H]1CN2c1ccc(Nc2ncc(C(F)(F)F)c(Cl)n2)c(C2CC2)c1. The standard InChI is InChI=1S/C24H27ClF3N5O2/c1-23(2,3)35-22(34)33-12-15-8-16(33)11-32(15)14-6-7-19(17(9-14)13-4-5-13)30-21-29-10-18(20(25)31-21)24(26,27)28/h6-7,9-10,13,15-16H,4-5,8,11-12H2,1-3H3,(H,29,30,31)/t15-,16-/m1/s1. The normalized spacial score (nSPS) is 22.0. The van der Waals surface area contributed by atoms with Gasteiger partial charge in [0.15, 0.2) is 0 Å². The number of ether oxygens (including phenoxy) is 1. The Kier molecular flexibility index (Phi) is 5.77. The average Bonchev–Trinajstić information content (AvgIpc) is 3.39. The van der Waals surface area contributed by atoms with Crippen LogP contribution in [0.25, 0.3) is 0 Å². The number of hydrogen-bond acceptors (Lipinski definition) is 6. The summed E-state index contributed by atoms with van der Waals surface area (Å²) in [5.41, 5.74) is 1.31. The number of halogens is 4. The third-order valence-corrected chi connectivity index (χ3v) is 6.83. The van der Waals surface area contributed by atoms with Crippen molar-refractivity contribution < 1.29 is 22.7 Å². The lowest BCUT2D eigenvalue weighted by Crippen LogP contribution is -2.50. The Morgan fingerprint density at radius 3 is 2.49 bits per heavy atom. The van der Waals surface area contributed by atoms with Gasteiger partial charge in [-0.25, -0.2) is 14.8 Å². The predicted molar refractivity (Wildman–Crippen MR) is 126 cm³/mol. The molecule has 1 amide bonds. The minimum Gasteiger partial charge on any atom is -0.444 e. The van der Waals surface area contributed by atoms with Crippen LogP contribution < -0.4 is 10.2 Å². The van der Waals surface area contributed by atoms with Gasteiger partial charge in [0.2, 0.25) is 5.95 Å². The van der Waals surface area contributed by atoms with E-state index in [1.54, 1.807) is 0 Å². The maximum atomic E-state index is 13.0. The fourth-order valence-corrected chi connectivity index (χ4v) is 5.07. The third kappa shape index (κ3) is 4.98. The Hall–Kier alpha value is -2.75. The number of rotatable bonds is 4. The largest absolute Gasteiger partial charge is 0.444 e. The molecule has 3 fully saturated rings. The molecule has 0 spiro atoms. The van der Waals surface area contributed by atoms with Crippen molar-refractivity contribution in [2.75, 3.05) is 23.3 Å². The summed E-state index contributed by atoms with van der Waals surface area (Å²) in [5, 5.41) is 2.41. The number of likely N-dealkylation sites (tertiary alicyclic amines) is 1. The van der Waals surface area contributed by atoms with Gasteiger partial charge in [0.25, 0.3) is 0 Å². The second kappa shape index (κ2) is 8.43. The summed E-state index contributed by atoms with van der Waals surface area (Å²) in [4.78, 5) is 24.3. The summed E-state index contributed by atoms with van der Waals surface area (Å²) >= 11 is 5.76. The van der Waals surface area contributed by atoms with E-state index in [4.69, 9.17) is 16.3 Å². The van der Waals surface area contributed by atoms with Crippen LogP contribution in [-0.4, -0.2) is 51.7 Å². The van der Waals surface area contributed by atoms with Gasteiger partial charge in [-0.1, -0.05) is 11.6 Å². The lowest BCUT2D eigenvalue weighted by molar-refractivity contribution is -0.137. The van der Waals surface area contributed by atoms with E-state index in [0.717, 1.165) is 42.7 Å². The highest BCUT2D eigenvalue weighted by Gasteiger charge is 2.46. The number of anilines is 3. The van der Waals surface area contributed by atoms with Gasteiger partial charge < -0.3 is 19.9 Å². The number of piperazine rings is 1. The van der Waals surface area contributed by atoms with E-state index in [1.165, 1.54) is 0 Å². The van der Waals surface area contributed by atoms with Crippen molar-refractivity contribution in [2.24, 2.45) is 0 Å². The molecule has 0 unspecified atom stereocenters. The minimum atomic E-state index is -4.61. The van der Waals surface area contributed by atoms with Crippen molar-refractivity contribution in [3.8, 4) is 0 Å². The molecule has 2 aliphatic heterocycles. The average molecular weight is 510 g/mol. The fraction of sp³-hybridized carbons (Fsp3) is 0.542. The van der Waals surface area contributed by atoms with Gasteiger partial charge in [0, 0.05) is 36.7 Å². The molecular weight excluding hydrogens is 483 g/mol. The molecule has 188 valence electrons. The van der Waals surface area contributed by atoms with Crippen LogP contribution in [0.4, 0.5) is 35.3 Å². The second-order valence-electron chi connectivity index (χ2n) is 10.4. The Morgan fingerprint density at radius 1 is 1.17 bits per heavy atom. The highest BCUT2D eigenvalue weighted by atomic mass is 35.5. The Bertz CT molecular complexity index is 1150. The lowest BCUT2D eigenvalue weighted by Gasteiger charge is -2.36. The van der Waals surface area contributed by atoms with Crippen molar-refractivity contribution >= 4 is 35.0 Å². The Morgan fingerprint density at radius 2 is 1.91 bits per heavy atom. The van der Waals surface area contributed by atoms with Crippen LogP contribution >= 0.6 is 11.6 Å². The highest BCUT2D eigenvalue weighted by Crippen LogP contribution is 2.46. The molecule has 7 nitrogen and oxygen atoms in total. The van der Waals surface area contributed by atoms with Crippen molar-refractivity contribution in [1.29, 1.82) is 0 Å². The fourth-order valence-electron chi connectivity index (χ4n) is 4.83. The van der Waals surface area contributed by atoms with Gasteiger partial charge in [-0.2, -0.15) is 13.2 Å². The van der Waals surface area contributed by atoms with Crippen LogP contribution in [0.3, 0.4) is 0 Å². The summed E-state index contributed by atoms with van der Waals surface area (Å²) in [7, 11) is 0. The van der Waals surface area contributed by atoms with Gasteiger partial charge in [-0.05, 0) is 69.7 Å². The molecule has 2 saturated heterocycles. The summed E-state index contributed by atoms with van der Waals surface area (Å²) in [6, 6.07) is 6.35. The number of fused-ring (bicyclic) bond motifs is 2. The molecule has 0 radical (unpaired) electrons. The number of amides is 1. The number of aromatic nitrogens is 2. The Balaban J connectivity index is 1.32. The Labute approximate surface area is 206 Å². The van der Waals surface area contributed by atoms with Crippen LogP contribution in [0, 0.1) is 0 Å². The molecule has 1 aromatic carbocycles. The van der Waals surface area contributed by atoms with E-state index in [0.29, 0.717) is 18.7 Å². The number of benzene rings is 1. The molecule has 1 N–H and O–H groups in total. The monoisotopic (exact) mass is 509 g/mol. The molecule has 1 saturated carbocycles. The number of alkyl halides is 3. The number of carbonyl (C=O) groups excluding carboxylic acids is 1. The van der Waals surface area contributed by atoms with Crippen LogP contribution in [0.1, 0.15) is 57.1 Å². The van der Waals surface area contributed by atoms with E-state index in [-0.39, 0.29) is 24.1 Å².